The zero-order chi connectivity index (χ0) is 24.3. The van der Waals surface area contributed by atoms with Crippen molar-refractivity contribution in [3.8, 4) is 16.7 Å². The fraction of sp³-hybridized carbons (Fsp3) is 0.308. The molecule has 5 nitrogen and oxygen atoms in total. The van der Waals surface area contributed by atoms with Crippen molar-refractivity contribution in [2.24, 2.45) is 0 Å². The van der Waals surface area contributed by atoms with E-state index in [-0.39, 0.29) is 5.92 Å². The maximum atomic E-state index is 13.0. The van der Waals surface area contributed by atoms with E-state index < -0.39 is 11.7 Å². The third-order valence-electron chi connectivity index (χ3n) is 6.12. The third-order valence-corrected chi connectivity index (χ3v) is 7.01. The van der Waals surface area contributed by atoms with Gasteiger partial charge < -0.3 is 9.47 Å². The second-order valence-corrected chi connectivity index (χ2v) is 9.46. The van der Waals surface area contributed by atoms with Crippen LogP contribution in [-0.2, 0) is 6.18 Å². The highest BCUT2D eigenvalue weighted by Gasteiger charge is 2.31. The van der Waals surface area contributed by atoms with Gasteiger partial charge >= 0.3 is 6.18 Å². The molecule has 0 saturated carbocycles. The third kappa shape index (κ3) is 5.91. The van der Waals surface area contributed by atoms with Crippen LogP contribution in [0, 0.1) is 0 Å². The lowest BCUT2D eigenvalue weighted by molar-refractivity contribution is -0.137. The van der Waals surface area contributed by atoms with E-state index in [0.717, 1.165) is 54.6 Å². The molecule has 5 rings (SSSR count). The van der Waals surface area contributed by atoms with E-state index in [9.17, 15) is 13.2 Å². The van der Waals surface area contributed by atoms with Crippen LogP contribution >= 0.6 is 11.3 Å². The van der Waals surface area contributed by atoms with E-state index in [1.54, 1.807) is 12.3 Å². The van der Waals surface area contributed by atoms with Gasteiger partial charge in [0.05, 0.1) is 10.3 Å². The van der Waals surface area contributed by atoms with Gasteiger partial charge in [0, 0.05) is 12.7 Å². The van der Waals surface area contributed by atoms with Crippen LogP contribution in [0.25, 0.3) is 10.3 Å². The van der Waals surface area contributed by atoms with Gasteiger partial charge in [0.15, 0.2) is 5.65 Å². The molecule has 35 heavy (non-hydrogen) atoms. The Labute approximate surface area is 205 Å². The van der Waals surface area contributed by atoms with Crippen molar-refractivity contribution >= 4 is 21.7 Å². The number of hydrogen-bond acceptors (Lipinski definition) is 6. The van der Waals surface area contributed by atoms with Crippen molar-refractivity contribution in [3.05, 3.63) is 78.0 Å². The lowest BCUT2D eigenvalue weighted by Gasteiger charge is -2.32. The molecule has 1 saturated heterocycles. The standard InChI is InChI=1S/C26H24F3N3O2S/c27-26(28,29)20-4-1-3-19(17-20)18-10-13-32(14-11-18)15-16-33-21-6-8-22(9-7-21)34-25-31-24-23(35-25)5-2-12-30-24/h1-9,12,17-18H,10-11,13-16H2. The van der Waals surface area contributed by atoms with E-state index in [0.29, 0.717) is 23.2 Å². The second kappa shape index (κ2) is 10.2. The van der Waals surface area contributed by atoms with E-state index in [2.05, 4.69) is 14.9 Å². The predicted molar refractivity (Wildman–Crippen MR) is 129 cm³/mol. The number of nitrogens with zero attached hydrogens (tertiary/aromatic N) is 3. The van der Waals surface area contributed by atoms with Crippen molar-refractivity contribution < 1.29 is 22.6 Å². The van der Waals surface area contributed by atoms with Crippen molar-refractivity contribution in [2.45, 2.75) is 24.9 Å². The molecule has 0 N–H and O–H groups in total. The Kier molecular flexibility index (Phi) is 6.88. The van der Waals surface area contributed by atoms with E-state index in [1.807, 2.05) is 36.4 Å². The van der Waals surface area contributed by atoms with Crippen molar-refractivity contribution in [3.63, 3.8) is 0 Å². The molecule has 2 aromatic heterocycles. The topological polar surface area (TPSA) is 47.5 Å². The predicted octanol–water partition coefficient (Wildman–Crippen LogP) is 6.76. The molecule has 3 heterocycles. The first kappa shape index (κ1) is 23.6. The summed E-state index contributed by atoms with van der Waals surface area (Å²) >= 11 is 1.44. The van der Waals surface area contributed by atoms with Gasteiger partial charge in [-0.15, -0.1) is 0 Å². The first-order valence-electron chi connectivity index (χ1n) is 11.5. The monoisotopic (exact) mass is 499 g/mol. The molecular weight excluding hydrogens is 475 g/mol. The van der Waals surface area contributed by atoms with Crippen molar-refractivity contribution in [2.75, 3.05) is 26.2 Å². The molecule has 4 aromatic rings. The normalized spacial score (nSPS) is 15.4. The first-order valence-corrected chi connectivity index (χ1v) is 12.3. The van der Waals surface area contributed by atoms with Gasteiger partial charge in [-0.2, -0.15) is 18.2 Å². The van der Waals surface area contributed by atoms with Gasteiger partial charge in [0.1, 0.15) is 18.1 Å². The Bertz CT molecular complexity index is 1240. The summed E-state index contributed by atoms with van der Waals surface area (Å²) < 4.78 is 51.7. The maximum Gasteiger partial charge on any atom is 0.416 e. The summed E-state index contributed by atoms with van der Waals surface area (Å²) in [5.41, 5.74) is 0.880. The zero-order valence-electron chi connectivity index (χ0n) is 18.9. The van der Waals surface area contributed by atoms with Crippen LogP contribution < -0.4 is 9.47 Å². The molecular formula is C26H24F3N3O2S. The van der Waals surface area contributed by atoms with Crippen LogP contribution in [0.1, 0.15) is 29.9 Å². The summed E-state index contributed by atoms with van der Waals surface area (Å²) in [5, 5.41) is 0.543. The number of ether oxygens (including phenoxy) is 2. The minimum absolute atomic E-state index is 0.160. The number of piperidine rings is 1. The average Bonchev–Trinajstić information content (AvgIpc) is 3.27. The number of thiazole rings is 1. The molecule has 182 valence electrons. The number of alkyl halides is 3. The van der Waals surface area contributed by atoms with Gasteiger partial charge in [-0.05, 0) is 79.9 Å². The highest BCUT2D eigenvalue weighted by Crippen LogP contribution is 2.34. The molecule has 0 unspecified atom stereocenters. The van der Waals surface area contributed by atoms with Crippen LogP contribution in [0.2, 0.25) is 0 Å². The van der Waals surface area contributed by atoms with Crippen molar-refractivity contribution in [1.29, 1.82) is 0 Å². The average molecular weight is 500 g/mol. The van der Waals surface area contributed by atoms with Crippen LogP contribution in [0.4, 0.5) is 13.2 Å². The Morgan fingerprint density at radius 1 is 0.971 bits per heavy atom. The lowest BCUT2D eigenvalue weighted by Crippen LogP contribution is -2.35. The zero-order valence-corrected chi connectivity index (χ0v) is 19.7. The molecule has 0 amide bonds. The molecule has 0 atom stereocenters. The number of likely N-dealkylation sites (tertiary alicyclic amines) is 1. The highest BCUT2D eigenvalue weighted by atomic mass is 32.1. The summed E-state index contributed by atoms with van der Waals surface area (Å²) in [5.74, 6) is 1.59. The number of benzene rings is 2. The molecule has 1 aliphatic rings. The number of pyridine rings is 1. The largest absolute Gasteiger partial charge is 0.492 e. The molecule has 1 aliphatic heterocycles. The molecule has 0 spiro atoms. The van der Waals surface area contributed by atoms with Gasteiger partial charge in [0.25, 0.3) is 5.19 Å². The number of rotatable bonds is 7. The SMILES string of the molecule is FC(F)(F)c1cccc(C2CCN(CCOc3ccc(Oc4nc5ncccc5s4)cc3)CC2)c1. The summed E-state index contributed by atoms with van der Waals surface area (Å²) in [6.07, 6.45) is -0.912. The van der Waals surface area contributed by atoms with Gasteiger partial charge in [-0.3, -0.25) is 4.90 Å². The summed E-state index contributed by atoms with van der Waals surface area (Å²) in [6.45, 7) is 2.99. The lowest BCUT2D eigenvalue weighted by atomic mass is 9.88. The van der Waals surface area contributed by atoms with Gasteiger partial charge in [-0.25, -0.2) is 4.98 Å². The van der Waals surface area contributed by atoms with Crippen LogP contribution in [-0.4, -0.2) is 41.1 Å². The van der Waals surface area contributed by atoms with Crippen molar-refractivity contribution in [1.82, 2.24) is 14.9 Å². The smallest absolute Gasteiger partial charge is 0.416 e. The summed E-state index contributed by atoms with van der Waals surface area (Å²) in [4.78, 5) is 10.9. The Morgan fingerprint density at radius 3 is 2.49 bits per heavy atom. The quantitative estimate of drug-likeness (QED) is 0.281. The number of fused-ring (bicyclic) bond motifs is 1. The fourth-order valence-corrected chi connectivity index (χ4v) is 5.04. The highest BCUT2D eigenvalue weighted by molar-refractivity contribution is 7.20. The molecule has 2 aromatic carbocycles. The number of hydrogen-bond donors (Lipinski definition) is 0. The number of aromatic nitrogens is 2. The van der Waals surface area contributed by atoms with Crippen LogP contribution in [0.5, 0.6) is 16.7 Å². The van der Waals surface area contributed by atoms with Gasteiger partial charge in [0.2, 0.25) is 0 Å². The Hall–Kier alpha value is -3.17. The molecule has 0 bridgehead atoms. The molecule has 0 aliphatic carbocycles. The van der Waals surface area contributed by atoms with E-state index >= 15 is 0 Å². The fourth-order valence-electron chi connectivity index (χ4n) is 4.25. The van der Waals surface area contributed by atoms with Gasteiger partial charge in [-0.1, -0.05) is 29.5 Å². The summed E-state index contributed by atoms with van der Waals surface area (Å²) in [6, 6.07) is 17.0. The maximum absolute atomic E-state index is 13.0. The summed E-state index contributed by atoms with van der Waals surface area (Å²) in [7, 11) is 0. The first-order chi connectivity index (χ1) is 16.9. The number of halogens is 3. The second-order valence-electron chi connectivity index (χ2n) is 8.47. The molecule has 0 radical (unpaired) electrons. The van der Waals surface area contributed by atoms with Crippen LogP contribution in [0.15, 0.2) is 66.9 Å². The van der Waals surface area contributed by atoms with E-state index in [1.165, 1.54) is 23.5 Å². The van der Waals surface area contributed by atoms with E-state index in [4.69, 9.17) is 9.47 Å². The van der Waals surface area contributed by atoms with Crippen LogP contribution in [0.3, 0.4) is 0 Å². The Morgan fingerprint density at radius 2 is 1.74 bits per heavy atom. The minimum atomic E-state index is -4.30. The minimum Gasteiger partial charge on any atom is -0.492 e. The molecule has 9 heteroatoms. The molecule has 1 fully saturated rings. The Balaban J connectivity index is 1.07.